The number of nitrogens with zero attached hydrogens (tertiary/aromatic N) is 1. The summed E-state index contributed by atoms with van der Waals surface area (Å²) in [5.74, 6) is -0.402. The minimum Gasteiger partial charge on any atom is -0.431 e. The highest BCUT2D eigenvalue weighted by atomic mass is 35.5. The number of rotatable bonds is 2. The molecule has 0 saturated carbocycles. The van der Waals surface area contributed by atoms with E-state index in [1.165, 1.54) is 5.56 Å². The van der Waals surface area contributed by atoms with Gasteiger partial charge in [-0.3, -0.25) is 0 Å². The van der Waals surface area contributed by atoms with Crippen LogP contribution in [-0.2, 0) is 16.1 Å². The van der Waals surface area contributed by atoms with E-state index in [0.29, 0.717) is 0 Å². The van der Waals surface area contributed by atoms with Gasteiger partial charge in [0.25, 0.3) is 0 Å². The number of carbonyl (C=O) groups is 1. The quantitative estimate of drug-likeness (QED) is 0.564. The molecule has 3 nitrogen and oxygen atoms in total. The second-order valence-corrected chi connectivity index (χ2v) is 3.95. The van der Waals surface area contributed by atoms with Crippen LogP contribution in [0.1, 0.15) is 5.56 Å². The van der Waals surface area contributed by atoms with E-state index >= 15 is 0 Å². The molecule has 0 amide bonds. The molecule has 0 bridgehead atoms. The van der Waals surface area contributed by atoms with Gasteiger partial charge < -0.3 is 9.64 Å². The summed E-state index contributed by atoms with van der Waals surface area (Å²) in [6.45, 7) is 0.740. The van der Waals surface area contributed by atoms with Crippen molar-refractivity contribution in [2.75, 3.05) is 0 Å². The first-order chi connectivity index (χ1) is 7.27. The predicted octanol–water partition coefficient (Wildman–Crippen LogP) is 1.84. The maximum atomic E-state index is 11.0. The molecule has 15 heavy (non-hydrogen) atoms. The summed E-state index contributed by atoms with van der Waals surface area (Å²) in [4.78, 5) is 12.9. The van der Waals surface area contributed by atoms with Gasteiger partial charge in [0.2, 0.25) is 6.23 Å². The van der Waals surface area contributed by atoms with Crippen LogP contribution in [0.2, 0.25) is 0 Å². The molecule has 0 aromatic heterocycles. The fraction of sp³-hybridized carbons (Fsp3) is 0.182. The minimum atomic E-state index is -0.402. The van der Waals surface area contributed by atoms with E-state index in [-0.39, 0.29) is 11.3 Å². The smallest absolute Gasteiger partial charge is 0.354 e. The molecule has 1 unspecified atom stereocenters. The van der Waals surface area contributed by atoms with Gasteiger partial charge in [-0.05, 0) is 5.56 Å². The van der Waals surface area contributed by atoms with Crippen LogP contribution in [0.15, 0.2) is 41.1 Å². The lowest BCUT2D eigenvalue weighted by molar-refractivity contribution is -0.140. The maximum absolute atomic E-state index is 11.0. The first kappa shape index (κ1) is 8.80. The van der Waals surface area contributed by atoms with Gasteiger partial charge in [0.05, 0.1) is 0 Å². The molecule has 2 aliphatic rings. The molecule has 1 atom stereocenters. The van der Waals surface area contributed by atoms with Crippen molar-refractivity contribution in [3.05, 3.63) is 46.6 Å². The van der Waals surface area contributed by atoms with Gasteiger partial charge in [0, 0.05) is 6.54 Å². The van der Waals surface area contributed by atoms with Crippen molar-refractivity contribution in [2.24, 2.45) is 0 Å². The SMILES string of the molecule is O=C1OC2C(=C1Cl)N2Cc1ccccc1. The Hall–Kier alpha value is -1.48. The summed E-state index contributed by atoms with van der Waals surface area (Å²) in [5, 5.41) is 0.232. The lowest BCUT2D eigenvalue weighted by atomic mass is 10.2. The normalized spacial score (nSPS) is 22.9. The van der Waals surface area contributed by atoms with Gasteiger partial charge in [-0.15, -0.1) is 0 Å². The summed E-state index contributed by atoms with van der Waals surface area (Å²) in [6.07, 6.45) is -0.204. The number of benzene rings is 1. The van der Waals surface area contributed by atoms with Crippen LogP contribution in [0.3, 0.4) is 0 Å². The minimum absolute atomic E-state index is 0.204. The zero-order chi connectivity index (χ0) is 10.4. The summed E-state index contributed by atoms with van der Waals surface area (Å²) in [6, 6.07) is 10.0. The van der Waals surface area contributed by atoms with Crippen LogP contribution in [0.5, 0.6) is 0 Å². The van der Waals surface area contributed by atoms with Crippen molar-refractivity contribution in [3.63, 3.8) is 0 Å². The van der Waals surface area contributed by atoms with E-state index in [1.54, 1.807) is 0 Å². The van der Waals surface area contributed by atoms with Gasteiger partial charge in [-0.1, -0.05) is 41.9 Å². The van der Waals surface area contributed by atoms with Crippen molar-refractivity contribution in [3.8, 4) is 0 Å². The van der Waals surface area contributed by atoms with Crippen LogP contribution < -0.4 is 0 Å². The van der Waals surface area contributed by atoms with Crippen LogP contribution in [-0.4, -0.2) is 17.1 Å². The van der Waals surface area contributed by atoms with Crippen LogP contribution in [0, 0.1) is 0 Å². The lowest BCUT2D eigenvalue weighted by Crippen LogP contribution is -2.11. The van der Waals surface area contributed by atoms with Gasteiger partial charge >= 0.3 is 5.97 Å². The molecule has 1 saturated heterocycles. The van der Waals surface area contributed by atoms with Gasteiger partial charge in [0.1, 0.15) is 5.70 Å². The topological polar surface area (TPSA) is 29.3 Å². The van der Waals surface area contributed by atoms with Crippen molar-refractivity contribution in [2.45, 2.75) is 12.8 Å². The average molecular weight is 222 g/mol. The Labute approximate surface area is 91.9 Å². The number of hydrogen-bond donors (Lipinski definition) is 0. The van der Waals surface area contributed by atoms with E-state index in [9.17, 15) is 4.79 Å². The summed E-state index contributed by atoms with van der Waals surface area (Å²) < 4.78 is 5.01. The third kappa shape index (κ3) is 1.31. The average Bonchev–Trinajstić information content (AvgIpc) is 2.81. The molecule has 1 aromatic carbocycles. The number of ether oxygens (including phenoxy) is 1. The van der Waals surface area contributed by atoms with Crippen molar-refractivity contribution < 1.29 is 9.53 Å². The highest BCUT2D eigenvalue weighted by Crippen LogP contribution is 2.45. The molecule has 0 aliphatic carbocycles. The third-order valence-electron chi connectivity index (χ3n) is 2.58. The van der Waals surface area contributed by atoms with Crippen molar-refractivity contribution in [1.29, 1.82) is 0 Å². The monoisotopic (exact) mass is 221 g/mol. The number of hydrogen-bond acceptors (Lipinski definition) is 3. The van der Waals surface area contributed by atoms with E-state index in [1.807, 2.05) is 35.2 Å². The molecule has 4 heteroatoms. The number of esters is 1. The van der Waals surface area contributed by atoms with Crippen LogP contribution in [0.4, 0.5) is 0 Å². The Morgan fingerprint density at radius 2 is 2.07 bits per heavy atom. The second kappa shape index (κ2) is 3.00. The molecule has 1 fully saturated rings. The predicted molar refractivity (Wildman–Crippen MR) is 54.7 cm³/mol. The number of fused-ring (bicyclic) bond motifs is 1. The standard InChI is InChI=1S/C11H8ClNO2/c12-8-9-10(15-11(8)14)13(9)6-7-4-2-1-3-5-7/h1-5,10H,6H2. The summed E-state index contributed by atoms with van der Waals surface area (Å²) in [5.41, 5.74) is 2.01. The molecule has 76 valence electrons. The fourth-order valence-corrected chi connectivity index (χ4v) is 2.02. The van der Waals surface area contributed by atoms with Gasteiger partial charge in [0.15, 0.2) is 5.03 Å². The Kier molecular flexibility index (Phi) is 1.76. The van der Waals surface area contributed by atoms with Crippen molar-refractivity contribution in [1.82, 2.24) is 4.90 Å². The van der Waals surface area contributed by atoms with Crippen LogP contribution in [0.25, 0.3) is 0 Å². The highest BCUT2D eigenvalue weighted by Gasteiger charge is 2.53. The fourth-order valence-electron chi connectivity index (χ4n) is 1.77. The first-order valence-electron chi connectivity index (χ1n) is 4.68. The summed E-state index contributed by atoms with van der Waals surface area (Å²) in [7, 11) is 0. The van der Waals surface area contributed by atoms with Crippen molar-refractivity contribution >= 4 is 17.6 Å². The van der Waals surface area contributed by atoms with E-state index in [2.05, 4.69) is 0 Å². The Morgan fingerprint density at radius 3 is 2.67 bits per heavy atom. The molecule has 1 aromatic rings. The van der Waals surface area contributed by atoms with E-state index in [4.69, 9.17) is 16.3 Å². The highest BCUT2D eigenvalue weighted by molar-refractivity contribution is 6.42. The molecule has 2 aliphatic heterocycles. The largest absolute Gasteiger partial charge is 0.431 e. The molecular formula is C11H8ClNO2. The molecule has 3 rings (SSSR count). The number of halogens is 1. The van der Waals surface area contributed by atoms with Gasteiger partial charge in [-0.25, -0.2) is 4.79 Å². The van der Waals surface area contributed by atoms with Gasteiger partial charge in [-0.2, -0.15) is 0 Å². The molecule has 2 heterocycles. The molecule has 0 radical (unpaired) electrons. The van der Waals surface area contributed by atoms with Crippen LogP contribution >= 0.6 is 11.6 Å². The third-order valence-corrected chi connectivity index (χ3v) is 2.93. The molecular weight excluding hydrogens is 214 g/mol. The van der Waals surface area contributed by atoms with E-state index in [0.717, 1.165) is 12.2 Å². The molecule has 0 N–H and O–H groups in total. The Balaban J connectivity index is 1.77. The zero-order valence-corrected chi connectivity index (χ0v) is 8.57. The number of carbonyl (C=O) groups excluding carboxylic acids is 1. The second-order valence-electron chi connectivity index (χ2n) is 3.57. The first-order valence-corrected chi connectivity index (χ1v) is 5.06. The Morgan fingerprint density at radius 1 is 1.33 bits per heavy atom. The lowest BCUT2D eigenvalue weighted by Gasteiger charge is -2.06. The zero-order valence-electron chi connectivity index (χ0n) is 7.81. The molecule has 0 spiro atoms. The Bertz CT molecular complexity index is 455. The summed E-state index contributed by atoms with van der Waals surface area (Å²) >= 11 is 5.78. The maximum Gasteiger partial charge on any atom is 0.354 e. The van der Waals surface area contributed by atoms with E-state index < -0.39 is 5.97 Å².